The van der Waals surface area contributed by atoms with Gasteiger partial charge in [-0.15, -0.1) is 0 Å². The number of phenolic OH excluding ortho intramolecular Hbond substituents is 1. The van der Waals surface area contributed by atoms with Gasteiger partial charge in [0.05, 0.1) is 5.71 Å². The van der Waals surface area contributed by atoms with E-state index in [4.69, 9.17) is 17.0 Å². The highest BCUT2D eigenvalue weighted by Gasteiger charge is 2.02. The highest BCUT2D eigenvalue weighted by atomic mass is 32.1. The molecule has 0 spiro atoms. The van der Waals surface area contributed by atoms with Crippen LogP contribution in [0.25, 0.3) is 0 Å². The summed E-state index contributed by atoms with van der Waals surface area (Å²) in [4.78, 5) is 0. The van der Waals surface area contributed by atoms with Crippen LogP contribution in [0.3, 0.4) is 0 Å². The molecule has 6 heteroatoms. The van der Waals surface area contributed by atoms with Gasteiger partial charge < -0.3 is 15.2 Å². The molecule has 0 saturated carbocycles. The number of hydrogen-bond acceptors (Lipinski definition) is 4. The van der Waals surface area contributed by atoms with Gasteiger partial charge in [-0.05, 0) is 61.8 Å². The van der Waals surface area contributed by atoms with Crippen molar-refractivity contribution >= 4 is 23.0 Å². The van der Waals surface area contributed by atoms with Crippen LogP contribution >= 0.6 is 12.2 Å². The topological polar surface area (TPSA) is 65.9 Å². The number of ether oxygens (including phenoxy) is 1. The molecule has 0 heterocycles. The van der Waals surface area contributed by atoms with Crippen molar-refractivity contribution in [1.82, 2.24) is 10.7 Å². The first-order chi connectivity index (χ1) is 10.2. The average molecular weight is 309 g/mol. The number of thiocarbonyl (C=S) groups is 1. The van der Waals surface area contributed by atoms with E-state index in [1.165, 1.54) is 0 Å². The van der Waals surface area contributed by atoms with Crippen molar-refractivity contribution in [2.24, 2.45) is 5.10 Å². The van der Waals surface area contributed by atoms with E-state index in [9.17, 15) is 5.11 Å². The highest BCUT2D eigenvalue weighted by Crippen LogP contribution is 2.11. The minimum atomic E-state index is 0.244. The predicted molar refractivity (Wildman–Crippen MR) is 89.8 cm³/mol. The summed E-state index contributed by atoms with van der Waals surface area (Å²) >= 11 is 5.16. The number of nitrogens with one attached hydrogen (secondary N) is 2. The molecule has 0 aliphatic heterocycles. The minimum Gasteiger partial charge on any atom is -0.508 e. The quantitative estimate of drug-likeness (QED) is 0.298. The summed E-state index contributed by atoms with van der Waals surface area (Å²) in [6, 6.07) is 6.95. The summed E-state index contributed by atoms with van der Waals surface area (Å²) in [7, 11) is 0. The van der Waals surface area contributed by atoms with E-state index < -0.39 is 0 Å². The van der Waals surface area contributed by atoms with Gasteiger partial charge in [-0.25, -0.2) is 0 Å². The third-order valence-electron chi connectivity index (χ3n) is 2.78. The fourth-order valence-corrected chi connectivity index (χ4v) is 1.83. The lowest BCUT2D eigenvalue weighted by Crippen LogP contribution is -2.33. The van der Waals surface area contributed by atoms with Crippen LogP contribution in [-0.2, 0) is 4.74 Å². The van der Waals surface area contributed by atoms with Crippen LogP contribution in [0.2, 0.25) is 0 Å². The van der Waals surface area contributed by atoms with Crippen LogP contribution in [0, 0.1) is 0 Å². The van der Waals surface area contributed by atoms with Crippen LogP contribution in [0.1, 0.15) is 32.3 Å². The molecule has 1 aromatic carbocycles. The molecule has 0 atom stereocenters. The summed E-state index contributed by atoms with van der Waals surface area (Å²) in [5.41, 5.74) is 4.69. The van der Waals surface area contributed by atoms with Gasteiger partial charge in [0.1, 0.15) is 5.75 Å². The molecule has 0 radical (unpaired) electrons. The van der Waals surface area contributed by atoms with Crippen LogP contribution in [-0.4, -0.2) is 35.7 Å². The van der Waals surface area contributed by atoms with Crippen molar-refractivity contribution in [2.75, 3.05) is 19.8 Å². The molecule has 0 unspecified atom stereocenters. The normalized spacial score (nSPS) is 11.2. The van der Waals surface area contributed by atoms with Crippen molar-refractivity contribution in [3.05, 3.63) is 29.8 Å². The summed E-state index contributed by atoms with van der Waals surface area (Å²) in [6.07, 6.45) is 1.67. The third kappa shape index (κ3) is 7.06. The second-order valence-corrected chi connectivity index (χ2v) is 4.79. The number of hydrogen-bond donors (Lipinski definition) is 3. The van der Waals surface area contributed by atoms with Crippen LogP contribution in [0.4, 0.5) is 0 Å². The maximum atomic E-state index is 9.29. The molecule has 0 saturated heterocycles. The summed E-state index contributed by atoms with van der Waals surface area (Å²) in [5.74, 6) is 0.244. The molecular weight excluding hydrogens is 286 g/mol. The monoisotopic (exact) mass is 309 g/mol. The Morgan fingerprint density at radius 1 is 1.29 bits per heavy atom. The van der Waals surface area contributed by atoms with Gasteiger partial charge in [-0.1, -0.05) is 6.92 Å². The van der Waals surface area contributed by atoms with Gasteiger partial charge in [0.15, 0.2) is 5.11 Å². The number of nitrogens with zero attached hydrogens (tertiary/aromatic N) is 1. The zero-order chi connectivity index (χ0) is 15.5. The van der Waals surface area contributed by atoms with Crippen LogP contribution < -0.4 is 10.7 Å². The Labute approximate surface area is 131 Å². The molecule has 1 aromatic rings. The molecule has 0 fully saturated rings. The summed E-state index contributed by atoms with van der Waals surface area (Å²) in [5, 5.41) is 17.2. The van der Waals surface area contributed by atoms with Crippen LogP contribution in [0.15, 0.2) is 29.4 Å². The van der Waals surface area contributed by atoms with Crippen molar-refractivity contribution in [3.8, 4) is 5.75 Å². The molecular formula is C15H23N3O2S. The van der Waals surface area contributed by atoms with Gasteiger partial charge in [0.2, 0.25) is 0 Å². The van der Waals surface area contributed by atoms with E-state index in [0.717, 1.165) is 43.9 Å². The molecule has 0 bridgehead atoms. The van der Waals surface area contributed by atoms with E-state index in [0.29, 0.717) is 5.11 Å². The standard InChI is InChI=1S/C15H23N3O2S/c1-3-14(12-6-8-13(19)9-7-12)17-18-15(21)16-10-5-11-20-4-2/h6-9,19H,3-5,10-11H2,1-2H3,(H2,16,18,21)/b17-14+. The van der Waals surface area contributed by atoms with E-state index >= 15 is 0 Å². The Morgan fingerprint density at radius 3 is 2.62 bits per heavy atom. The van der Waals surface area contributed by atoms with E-state index in [1.807, 2.05) is 26.0 Å². The van der Waals surface area contributed by atoms with Crippen molar-refractivity contribution in [1.29, 1.82) is 0 Å². The SMILES string of the molecule is CCOCCCNC(=S)N/N=C(\CC)c1ccc(O)cc1. The maximum Gasteiger partial charge on any atom is 0.186 e. The molecule has 5 nitrogen and oxygen atoms in total. The lowest BCUT2D eigenvalue weighted by atomic mass is 10.1. The molecule has 0 aliphatic carbocycles. The fraction of sp³-hybridized carbons (Fsp3) is 0.467. The number of benzene rings is 1. The molecule has 0 aromatic heterocycles. The maximum absolute atomic E-state index is 9.29. The number of hydrazone groups is 1. The Bertz CT molecular complexity index is 460. The Hall–Kier alpha value is -1.66. The zero-order valence-electron chi connectivity index (χ0n) is 12.6. The van der Waals surface area contributed by atoms with Gasteiger partial charge in [-0.3, -0.25) is 5.43 Å². The molecule has 21 heavy (non-hydrogen) atoms. The van der Waals surface area contributed by atoms with Crippen molar-refractivity contribution < 1.29 is 9.84 Å². The Kier molecular flexibility index (Phi) is 8.38. The van der Waals surface area contributed by atoms with Crippen molar-refractivity contribution in [3.63, 3.8) is 0 Å². The molecule has 116 valence electrons. The highest BCUT2D eigenvalue weighted by molar-refractivity contribution is 7.80. The van der Waals surface area contributed by atoms with Crippen LogP contribution in [0.5, 0.6) is 5.75 Å². The second kappa shape index (κ2) is 10.1. The smallest absolute Gasteiger partial charge is 0.186 e. The first-order valence-corrected chi connectivity index (χ1v) is 7.55. The van der Waals surface area contributed by atoms with Gasteiger partial charge in [-0.2, -0.15) is 5.10 Å². The van der Waals surface area contributed by atoms with Gasteiger partial charge in [0, 0.05) is 19.8 Å². The molecule has 0 amide bonds. The van der Waals surface area contributed by atoms with Gasteiger partial charge in [0.25, 0.3) is 0 Å². The molecule has 1 rings (SSSR count). The lowest BCUT2D eigenvalue weighted by Gasteiger charge is -2.09. The van der Waals surface area contributed by atoms with Crippen molar-refractivity contribution in [2.45, 2.75) is 26.7 Å². The fourth-order valence-electron chi connectivity index (χ4n) is 1.68. The number of rotatable bonds is 8. The summed E-state index contributed by atoms with van der Waals surface area (Å²) in [6.45, 7) is 6.21. The van der Waals surface area contributed by atoms with E-state index in [2.05, 4.69) is 15.8 Å². The molecule has 3 N–H and O–H groups in total. The average Bonchev–Trinajstić information content (AvgIpc) is 2.49. The first-order valence-electron chi connectivity index (χ1n) is 7.14. The van der Waals surface area contributed by atoms with Gasteiger partial charge >= 0.3 is 0 Å². The zero-order valence-corrected chi connectivity index (χ0v) is 13.4. The Morgan fingerprint density at radius 2 is 2.00 bits per heavy atom. The largest absolute Gasteiger partial charge is 0.508 e. The number of phenols is 1. The third-order valence-corrected chi connectivity index (χ3v) is 3.02. The molecule has 0 aliphatic rings. The predicted octanol–water partition coefficient (Wildman–Crippen LogP) is 2.40. The van der Waals surface area contributed by atoms with E-state index in [-0.39, 0.29) is 5.75 Å². The first kappa shape index (κ1) is 17.4. The number of aromatic hydroxyl groups is 1. The Balaban J connectivity index is 2.41. The second-order valence-electron chi connectivity index (χ2n) is 4.38. The van der Waals surface area contributed by atoms with E-state index in [1.54, 1.807) is 12.1 Å². The minimum absolute atomic E-state index is 0.244. The lowest BCUT2D eigenvalue weighted by molar-refractivity contribution is 0.145. The summed E-state index contributed by atoms with van der Waals surface area (Å²) < 4.78 is 5.25.